The first-order valence-corrected chi connectivity index (χ1v) is 13.9. The van der Waals surface area contributed by atoms with Gasteiger partial charge in [0.15, 0.2) is 0 Å². The lowest BCUT2D eigenvalue weighted by atomic mass is 10.2. The highest BCUT2D eigenvalue weighted by Gasteiger charge is 2.22. The first-order chi connectivity index (χ1) is 20.3. The Morgan fingerprint density at radius 1 is 1.05 bits per heavy atom. The van der Waals surface area contributed by atoms with Crippen LogP contribution in [0.1, 0.15) is 27.4 Å². The topological polar surface area (TPSA) is 102 Å². The number of pyridine rings is 1. The van der Waals surface area contributed by atoms with E-state index in [1.165, 1.54) is 6.07 Å². The summed E-state index contributed by atoms with van der Waals surface area (Å²) in [6.07, 6.45) is 3.56. The number of aromatic nitrogens is 5. The Kier molecular flexibility index (Phi) is 7.77. The second-order valence-corrected chi connectivity index (χ2v) is 10.7. The van der Waals surface area contributed by atoms with Crippen molar-refractivity contribution in [2.75, 3.05) is 31.1 Å². The molecule has 1 aliphatic rings. The minimum atomic E-state index is -0.969. The van der Waals surface area contributed by atoms with Crippen molar-refractivity contribution in [2.24, 2.45) is 7.05 Å². The van der Waals surface area contributed by atoms with Crippen LogP contribution in [0.4, 0.5) is 10.2 Å². The summed E-state index contributed by atoms with van der Waals surface area (Å²) in [5.74, 6) is 0.710. The Labute approximate surface area is 246 Å². The zero-order valence-corrected chi connectivity index (χ0v) is 23.7. The van der Waals surface area contributed by atoms with Crippen LogP contribution in [0.15, 0.2) is 67.1 Å². The second kappa shape index (κ2) is 11.8. The number of imidazole rings is 2. The Balaban J connectivity index is 1.14. The Morgan fingerprint density at radius 2 is 1.88 bits per heavy atom. The zero-order valence-electron chi connectivity index (χ0n) is 23.0. The molecule has 12 heteroatoms. The highest BCUT2D eigenvalue weighted by molar-refractivity contribution is 6.30. The van der Waals surface area contributed by atoms with E-state index < -0.39 is 11.8 Å². The van der Waals surface area contributed by atoms with Crippen molar-refractivity contribution in [3.05, 3.63) is 101 Å². The highest BCUT2D eigenvalue weighted by atomic mass is 35.5. The van der Waals surface area contributed by atoms with Gasteiger partial charge in [-0.15, -0.1) is 0 Å². The van der Waals surface area contributed by atoms with Crippen LogP contribution in [0, 0.1) is 5.82 Å². The van der Waals surface area contributed by atoms with Gasteiger partial charge in [0.2, 0.25) is 5.88 Å². The molecule has 1 aliphatic heterocycles. The van der Waals surface area contributed by atoms with Gasteiger partial charge in [0.25, 0.3) is 0 Å². The quantitative estimate of drug-likeness (QED) is 0.266. The molecule has 0 radical (unpaired) electrons. The third-order valence-corrected chi connectivity index (χ3v) is 7.71. The summed E-state index contributed by atoms with van der Waals surface area (Å²) in [6.45, 7) is 4.30. The number of aryl methyl sites for hydroxylation is 1. The van der Waals surface area contributed by atoms with E-state index in [0.29, 0.717) is 29.6 Å². The minimum absolute atomic E-state index is 0.0566. The molecule has 0 amide bonds. The van der Waals surface area contributed by atoms with Crippen LogP contribution in [0.3, 0.4) is 0 Å². The largest absolute Gasteiger partial charge is 0.478 e. The number of carbonyl (C=O) groups is 1. The number of fused-ring (bicyclic) bond motifs is 1. The molecule has 4 heterocycles. The van der Waals surface area contributed by atoms with Crippen molar-refractivity contribution in [2.45, 2.75) is 19.7 Å². The van der Waals surface area contributed by atoms with Gasteiger partial charge in [-0.1, -0.05) is 23.7 Å². The van der Waals surface area contributed by atoms with Crippen molar-refractivity contribution in [3.63, 3.8) is 0 Å². The number of carboxylic acid groups (broad SMARTS) is 1. The van der Waals surface area contributed by atoms with E-state index in [0.717, 1.165) is 54.5 Å². The summed E-state index contributed by atoms with van der Waals surface area (Å²) in [6, 6.07) is 15.1. The smallest absolute Gasteiger partial charge is 0.335 e. The number of benzene rings is 2. The molecule has 1 saturated heterocycles. The summed E-state index contributed by atoms with van der Waals surface area (Å²) in [4.78, 5) is 30.0. The van der Waals surface area contributed by atoms with Gasteiger partial charge >= 0.3 is 5.97 Å². The summed E-state index contributed by atoms with van der Waals surface area (Å²) in [5, 5.41) is 9.89. The standard InChI is InChI=1S/C30H29ClFN7O3/c1-36-19-33-15-23(36)16-39-26-13-20(30(40)41)6-8-25(26)34-28(39)17-37-9-11-38(12-10-37)27-3-2-4-29(35-27)42-18-21-5-7-22(31)14-24(21)32/h2-8,13-15,19H,9-12,16-18H2,1H3,(H,40,41). The van der Waals surface area contributed by atoms with Crippen LogP contribution in [0.25, 0.3) is 11.0 Å². The summed E-state index contributed by atoms with van der Waals surface area (Å²) >= 11 is 5.84. The third kappa shape index (κ3) is 5.93. The number of halogens is 2. The second-order valence-electron chi connectivity index (χ2n) is 10.2. The maximum atomic E-state index is 14.1. The molecular weight excluding hydrogens is 561 g/mol. The molecule has 5 aromatic rings. The summed E-state index contributed by atoms with van der Waals surface area (Å²) in [5.41, 5.74) is 3.17. The predicted octanol–water partition coefficient (Wildman–Crippen LogP) is 4.61. The number of nitrogens with zero attached hydrogens (tertiary/aromatic N) is 7. The van der Waals surface area contributed by atoms with Crippen LogP contribution in [0.5, 0.6) is 5.88 Å². The summed E-state index contributed by atoms with van der Waals surface area (Å²) < 4.78 is 23.9. The van der Waals surface area contributed by atoms with Gasteiger partial charge in [-0.05, 0) is 36.4 Å². The number of hydrogen-bond acceptors (Lipinski definition) is 7. The first-order valence-electron chi connectivity index (χ1n) is 13.5. The van der Waals surface area contributed by atoms with Gasteiger partial charge in [0.05, 0.1) is 41.7 Å². The minimum Gasteiger partial charge on any atom is -0.478 e. The average molecular weight is 590 g/mol. The lowest BCUT2D eigenvalue weighted by Gasteiger charge is -2.35. The SMILES string of the molecule is Cn1cncc1Cn1c(CN2CCN(c3cccc(OCc4ccc(Cl)cc4F)n3)CC2)nc2ccc(C(=O)O)cc21. The number of hydrogen-bond donors (Lipinski definition) is 1. The Morgan fingerprint density at radius 3 is 2.62 bits per heavy atom. The fourth-order valence-corrected chi connectivity index (χ4v) is 5.25. The molecule has 3 aromatic heterocycles. The molecule has 0 atom stereocenters. The molecule has 0 aliphatic carbocycles. The third-order valence-electron chi connectivity index (χ3n) is 7.47. The van der Waals surface area contributed by atoms with Crippen LogP contribution in [0.2, 0.25) is 5.02 Å². The zero-order chi connectivity index (χ0) is 29.2. The number of aromatic carboxylic acids is 1. The number of anilines is 1. The first kappa shape index (κ1) is 27.7. The van der Waals surface area contributed by atoms with E-state index in [1.807, 2.05) is 29.9 Å². The Bertz CT molecular complexity index is 1750. The molecule has 216 valence electrons. The van der Waals surface area contributed by atoms with Gasteiger partial charge in [0.1, 0.15) is 24.1 Å². The molecule has 0 saturated carbocycles. The maximum absolute atomic E-state index is 14.1. The molecule has 0 bridgehead atoms. The van der Waals surface area contributed by atoms with Gasteiger partial charge in [0, 0.05) is 56.1 Å². The predicted molar refractivity (Wildman–Crippen MR) is 156 cm³/mol. The van der Waals surface area contributed by atoms with E-state index in [9.17, 15) is 14.3 Å². The number of ether oxygens (including phenoxy) is 1. The molecule has 1 N–H and O–H groups in total. The number of rotatable bonds is 9. The molecular formula is C30H29ClFN7O3. The van der Waals surface area contributed by atoms with Gasteiger partial charge in [-0.2, -0.15) is 4.98 Å². The van der Waals surface area contributed by atoms with Crippen LogP contribution >= 0.6 is 11.6 Å². The fourth-order valence-electron chi connectivity index (χ4n) is 5.09. The van der Waals surface area contributed by atoms with Gasteiger partial charge in [-0.3, -0.25) is 4.90 Å². The Hall–Kier alpha value is -4.48. The molecule has 42 heavy (non-hydrogen) atoms. The van der Waals surface area contributed by atoms with Crippen molar-refractivity contribution >= 4 is 34.4 Å². The average Bonchev–Trinajstić information content (AvgIpc) is 3.55. The molecule has 6 rings (SSSR count). The van der Waals surface area contributed by atoms with Crippen LogP contribution in [-0.2, 0) is 26.7 Å². The summed E-state index contributed by atoms with van der Waals surface area (Å²) in [7, 11) is 1.94. The van der Waals surface area contributed by atoms with E-state index in [4.69, 9.17) is 21.3 Å². The molecule has 1 fully saturated rings. The van der Waals surface area contributed by atoms with Crippen LogP contribution in [-0.4, -0.2) is 66.2 Å². The molecule has 0 unspecified atom stereocenters. The fraction of sp³-hybridized carbons (Fsp3) is 0.267. The van der Waals surface area contributed by atoms with Crippen molar-refractivity contribution in [1.29, 1.82) is 0 Å². The van der Waals surface area contributed by atoms with E-state index in [2.05, 4.69) is 24.3 Å². The van der Waals surface area contributed by atoms with Crippen molar-refractivity contribution in [3.8, 4) is 5.88 Å². The molecule has 0 spiro atoms. The van der Waals surface area contributed by atoms with Gasteiger partial charge in [-0.25, -0.2) is 19.2 Å². The van der Waals surface area contributed by atoms with E-state index >= 15 is 0 Å². The number of carboxylic acids is 1. The van der Waals surface area contributed by atoms with Crippen molar-refractivity contribution in [1.82, 2.24) is 29.0 Å². The van der Waals surface area contributed by atoms with Crippen molar-refractivity contribution < 1.29 is 19.0 Å². The van der Waals surface area contributed by atoms with E-state index in [1.54, 1.807) is 42.7 Å². The lowest BCUT2D eigenvalue weighted by Crippen LogP contribution is -2.46. The van der Waals surface area contributed by atoms with Crippen LogP contribution < -0.4 is 9.64 Å². The van der Waals surface area contributed by atoms with Gasteiger partial charge < -0.3 is 23.9 Å². The maximum Gasteiger partial charge on any atom is 0.335 e. The normalized spacial score (nSPS) is 14.0. The number of piperazine rings is 1. The van der Waals surface area contributed by atoms with E-state index in [-0.39, 0.29) is 12.2 Å². The molecule has 10 nitrogen and oxygen atoms in total. The monoisotopic (exact) mass is 589 g/mol. The lowest BCUT2D eigenvalue weighted by molar-refractivity contribution is 0.0697. The molecule has 2 aromatic carbocycles. The highest BCUT2D eigenvalue weighted by Crippen LogP contribution is 2.24.